The summed E-state index contributed by atoms with van der Waals surface area (Å²) in [5.74, 6) is 0. The lowest BCUT2D eigenvalue weighted by atomic mass is 10.1. The van der Waals surface area contributed by atoms with Gasteiger partial charge in [-0.1, -0.05) is 30.3 Å². The van der Waals surface area contributed by atoms with Gasteiger partial charge in [0, 0.05) is 39.3 Å². The third-order valence-corrected chi connectivity index (χ3v) is 4.41. The van der Waals surface area contributed by atoms with Crippen LogP contribution < -0.4 is 5.32 Å². The van der Waals surface area contributed by atoms with Crippen molar-refractivity contribution in [1.29, 1.82) is 0 Å². The summed E-state index contributed by atoms with van der Waals surface area (Å²) in [6.45, 7) is 2.57. The quantitative estimate of drug-likeness (QED) is 0.817. The smallest absolute Gasteiger partial charge is 0.317 e. The van der Waals surface area contributed by atoms with Crippen LogP contribution in [0.5, 0.6) is 0 Å². The predicted molar refractivity (Wildman–Crippen MR) is 96.4 cm³/mol. The molecule has 0 saturated carbocycles. The van der Waals surface area contributed by atoms with E-state index in [4.69, 9.17) is 4.74 Å². The van der Waals surface area contributed by atoms with E-state index >= 15 is 0 Å². The van der Waals surface area contributed by atoms with Crippen LogP contribution in [0.2, 0.25) is 0 Å². The topological polar surface area (TPSA) is 59.4 Å². The Morgan fingerprint density at radius 2 is 2.16 bits per heavy atom. The van der Waals surface area contributed by atoms with Gasteiger partial charge in [-0.3, -0.25) is 4.68 Å². The minimum absolute atomic E-state index is 0.00699. The second-order valence-electron chi connectivity index (χ2n) is 6.49. The van der Waals surface area contributed by atoms with Gasteiger partial charge in [0.15, 0.2) is 0 Å². The maximum atomic E-state index is 12.4. The molecule has 1 aromatic heterocycles. The molecular formula is C19H26N4O2. The number of carbonyl (C=O) groups excluding carboxylic acids is 1. The number of ether oxygens (including phenoxy) is 1. The van der Waals surface area contributed by atoms with E-state index in [1.54, 1.807) is 4.68 Å². The van der Waals surface area contributed by atoms with Gasteiger partial charge in [-0.15, -0.1) is 0 Å². The number of benzene rings is 1. The number of carbonyl (C=O) groups is 1. The van der Waals surface area contributed by atoms with Crippen LogP contribution in [-0.4, -0.2) is 53.1 Å². The van der Waals surface area contributed by atoms with Gasteiger partial charge < -0.3 is 15.0 Å². The van der Waals surface area contributed by atoms with E-state index < -0.39 is 0 Å². The molecule has 134 valence electrons. The van der Waals surface area contributed by atoms with Crippen molar-refractivity contribution in [2.24, 2.45) is 7.05 Å². The number of morpholine rings is 1. The van der Waals surface area contributed by atoms with Crippen LogP contribution in [0.3, 0.4) is 0 Å². The van der Waals surface area contributed by atoms with Crippen LogP contribution in [-0.2, 0) is 24.6 Å². The number of aromatic nitrogens is 2. The maximum Gasteiger partial charge on any atom is 0.317 e. The Morgan fingerprint density at radius 3 is 2.92 bits per heavy atom. The van der Waals surface area contributed by atoms with E-state index in [-0.39, 0.29) is 12.1 Å². The first kappa shape index (κ1) is 17.5. The van der Waals surface area contributed by atoms with Gasteiger partial charge in [-0.05, 0) is 24.0 Å². The molecule has 25 heavy (non-hydrogen) atoms. The van der Waals surface area contributed by atoms with Crippen LogP contribution in [0.1, 0.15) is 17.5 Å². The molecule has 0 spiro atoms. The average Bonchev–Trinajstić information content (AvgIpc) is 3.05. The monoisotopic (exact) mass is 342 g/mol. The average molecular weight is 342 g/mol. The highest BCUT2D eigenvalue weighted by atomic mass is 16.5. The summed E-state index contributed by atoms with van der Waals surface area (Å²) in [5, 5.41) is 7.17. The van der Waals surface area contributed by atoms with E-state index in [2.05, 4.69) is 22.5 Å². The lowest BCUT2D eigenvalue weighted by molar-refractivity contribution is -0.0132. The van der Waals surface area contributed by atoms with Crippen molar-refractivity contribution in [3.8, 4) is 0 Å². The number of nitrogens with zero attached hydrogens (tertiary/aromatic N) is 3. The molecule has 2 heterocycles. The largest absolute Gasteiger partial charge is 0.374 e. The van der Waals surface area contributed by atoms with Crippen LogP contribution >= 0.6 is 0 Å². The summed E-state index contributed by atoms with van der Waals surface area (Å²) in [6, 6.07) is 10.3. The molecule has 2 amide bonds. The molecule has 3 rings (SSSR count). The van der Waals surface area contributed by atoms with Crippen LogP contribution in [0.15, 0.2) is 42.7 Å². The van der Waals surface area contributed by atoms with Crippen molar-refractivity contribution in [3.05, 3.63) is 53.9 Å². The van der Waals surface area contributed by atoms with Gasteiger partial charge in [0.2, 0.25) is 0 Å². The van der Waals surface area contributed by atoms with Crippen LogP contribution in [0, 0.1) is 0 Å². The number of nitrogens with one attached hydrogen (secondary N) is 1. The van der Waals surface area contributed by atoms with E-state index in [0.29, 0.717) is 26.2 Å². The predicted octanol–water partition coefficient (Wildman–Crippen LogP) is 2.01. The number of rotatable bonds is 6. The van der Waals surface area contributed by atoms with E-state index in [0.717, 1.165) is 19.3 Å². The Morgan fingerprint density at radius 1 is 1.32 bits per heavy atom. The van der Waals surface area contributed by atoms with E-state index in [1.807, 2.05) is 42.5 Å². The minimum atomic E-state index is 0.00699. The second kappa shape index (κ2) is 8.67. The molecule has 1 aliphatic heterocycles. The molecule has 0 unspecified atom stereocenters. The van der Waals surface area contributed by atoms with Crippen molar-refractivity contribution in [3.63, 3.8) is 0 Å². The van der Waals surface area contributed by atoms with E-state index in [9.17, 15) is 4.79 Å². The van der Waals surface area contributed by atoms with Gasteiger partial charge in [0.1, 0.15) is 0 Å². The first-order chi connectivity index (χ1) is 12.2. The SMILES string of the molecule is Cn1cc(CCCNC(=O)N2CCO[C@H](Cc3ccccc3)C2)cn1. The van der Waals surface area contributed by atoms with Gasteiger partial charge in [-0.2, -0.15) is 5.10 Å². The van der Waals surface area contributed by atoms with E-state index in [1.165, 1.54) is 11.1 Å². The van der Waals surface area contributed by atoms with Gasteiger partial charge in [-0.25, -0.2) is 4.79 Å². The molecule has 0 bridgehead atoms. The highest BCUT2D eigenvalue weighted by Crippen LogP contribution is 2.12. The van der Waals surface area contributed by atoms with Crippen LogP contribution in [0.4, 0.5) is 4.79 Å². The number of hydrogen-bond acceptors (Lipinski definition) is 3. The standard InChI is InChI=1S/C19H26N4O2/c1-22-14-17(13-21-22)8-5-9-20-19(24)23-10-11-25-18(15-23)12-16-6-3-2-4-7-16/h2-4,6-7,13-14,18H,5,8-12,15H2,1H3,(H,20,24)/t18-/m1/s1. The first-order valence-electron chi connectivity index (χ1n) is 8.86. The highest BCUT2D eigenvalue weighted by molar-refractivity contribution is 5.74. The Bertz CT molecular complexity index is 671. The second-order valence-corrected chi connectivity index (χ2v) is 6.49. The minimum Gasteiger partial charge on any atom is -0.374 e. The summed E-state index contributed by atoms with van der Waals surface area (Å²) >= 11 is 0. The summed E-state index contributed by atoms with van der Waals surface area (Å²) in [4.78, 5) is 14.2. The fourth-order valence-corrected chi connectivity index (χ4v) is 3.10. The van der Waals surface area contributed by atoms with Gasteiger partial charge in [0.05, 0.1) is 18.9 Å². The van der Waals surface area contributed by atoms with Gasteiger partial charge >= 0.3 is 6.03 Å². The number of amides is 2. The molecule has 1 atom stereocenters. The molecule has 0 aliphatic carbocycles. The number of hydrogen-bond donors (Lipinski definition) is 1. The summed E-state index contributed by atoms with van der Waals surface area (Å²) in [7, 11) is 1.91. The molecule has 1 fully saturated rings. The molecule has 1 saturated heterocycles. The summed E-state index contributed by atoms with van der Waals surface area (Å²) in [6.07, 6.45) is 6.63. The number of urea groups is 1. The Labute approximate surface area is 148 Å². The van der Waals surface area contributed by atoms with Crippen molar-refractivity contribution in [2.75, 3.05) is 26.2 Å². The van der Waals surface area contributed by atoms with Crippen molar-refractivity contribution in [2.45, 2.75) is 25.4 Å². The zero-order valence-electron chi connectivity index (χ0n) is 14.7. The summed E-state index contributed by atoms with van der Waals surface area (Å²) < 4.78 is 7.62. The summed E-state index contributed by atoms with van der Waals surface area (Å²) in [5.41, 5.74) is 2.44. The lowest BCUT2D eigenvalue weighted by Crippen LogP contribution is -2.50. The molecule has 1 aromatic carbocycles. The zero-order valence-corrected chi connectivity index (χ0v) is 14.7. The van der Waals surface area contributed by atoms with Crippen molar-refractivity contribution in [1.82, 2.24) is 20.0 Å². The molecule has 1 N–H and O–H groups in total. The molecule has 2 aromatic rings. The first-order valence-corrected chi connectivity index (χ1v) is 8.86. The Balaban J connectivity index is 1.39. The molecule has 6 heteroatoms. The Hall–Kier alpha value is -2.34. The number of aryl methyl sites for hydroxylation is 2. The highest BCUT2D eigenvalue weighted by Gasteiger charge is 2.24. The third-order valence-electron chi connectivity index (χ3n) is 4.41. The van der Waals surface area contributed by atoms with Crippen LogP contribution in [0.25, 0.3) is 0 Å². The van der Waals surface area contributed by atoms with Crippen molar-refractivity contribution < 1.29 is 9.53 Å². The van der Waals surface area contributed by atoms with Gasteiger partial charge in [0.25, 0.3) is 0 Å². The maximum absolute atomic E-state index is 12.4. The third kappa shape index (κ3) is 5.32. The fraction of sp³-hybridized carbons (Fsp3) is 0.474. The normalized spacial score (nSPS) is 17.5. The lowest BCUT2D eigenvalue weighted by Gasteiger charge is -2.33. The zero-order chi connectivity index (χ0) is 17.5. The fourth-order valence-electron chi connectivity index (χ4n) is 3.10. The molecular weight excluding hydrogens is 316 g/mol. The molecule has 6 nitrogen and oxygen atoms in total. The molecule has 0 radical (unpaired) electrons. The van der Waals surface area contributed by atoms with Crippen molar-refractivity contribution >= 4 is 6.03 Å². The Kier molecular flexibility index (Phi) is 6.06. The molecule has 1 aliphatic rings.